The highest BCUT2D eigenvalue weighted by Crippen LogP contribution is 2.40. The number of hydrogen-bond donors (Lipinski definition) is 1. The van der Waals surface area contributed by atoms with E-state index in [9.17, 15) is 27.5 Å². The summed E-state index contributed by atoms with van der Waals surface area (Å²) in [6, 6.07) is 7.71. The number of fused-ring (bicyclic) bond motifs is 1. The van der Waals surface area contributed by atoms with E-state index in [0.29, 0.717) is 5.56 Å². The molecule has 0 saturated carbocycles. The molecule has 0 aromatic heterocycles. The molecule has 1 aliphatic rings. The van der Waals surface area contributed by atoms with Crippen LogP contribution in [0, 0.1) is 5.82 Å². The number of rotatable bonds is 2. The lowest BCUT2D eigenvalue weighted by Crippen LogP contribution is -2.51. The molecule has 1 aliphatic heterocycles. The van der Waals surface area contributed by atoms with Crippen LogP contribution in [0.2, 0.25) is 0 Å². The number of amides is 2. The van der Waals surface area contributed by atoms with Gasteiger partial charge in [0, 0.05) is 31.4 Å². The van der Waals surface area contributed by atoms with Crippen molar-refractivity contribution < 1.29 is 27.5 Å². The van der Waals surface area contributed by atoms with Gasteiger partial charge in [-0.05, 0) is 30.7 Å². The predicted octanol–water partition coefficient (Wildman–Crippen LogP) is 3.14. The fourth-order valence-electron chi connectivity index (χ4n) is 3.41. The Kier molecular flexibility index (Phi) is 4.88. The van der Waals surface area contributed by atoms with E-state index in [2.05, 4.69) is 0 Å². The van der Waals surface area contributed by atoms with Gasteiger partial charge in [0.1, 0.15) is 5.82 Å². The second-order valence-electron chi connectivity index (χ2n) is 6.75. The van der Waals surface area contributed by atoms with Crippen molar-refractivity contribution in [2.45, 2.75) is 24.8 Å². The van der Waals surface area contributed by atoms with Gasteiger partial charge in [0.25, 0.3) is 0 Å². The third-order valence-corrected chi connectivity index (χ3v) is 5.79. The Hall–Kier alpha value is -2.94. The molecule has 7 nitrogen and oxygen atoms in total. The van der Waals surface area contributed by atoms with Crippen molar-refractivity contribution in [3.05, 3.63) is 42.2 Å². The number of carbonyl (C=O) groups is 2. The Morgan fingerprint density at radius 2 is 1.75 bits per heavy atom. The molecule has 9 heteroatoms. The second-order valence-corrected chi connectivity index (χ2v) is 8.76. The van der Waals surface area contributed by atoms with E-state index in [1.54, 1.807) is 6.92 Å². The van der Waals surface area contributed by atoms with Gasteiger partial charge in [-0.3, -0.25) is 9.69 Å². The van der Waals surface area contributed by atoms with Gasteiger partial charge in [-0.1, -0.05) is 12.1 Å². The topological polar surface area (TPSA) is 95.0 Å². The predicted molar refractivity (Wildman–Crippen MR) is 103 cm³/mol. The SMILES string of the molecule is CC(=O)N1c2cc(F)c(-c3ccc(S(C)(=O)=O)cc3)cc2N(C(=O)O)C[C@@H]1C. The fourth-order valence-corrected chi connectivity index (χ4v) is 4.04. The van der Waals surface area contributed by atoms with Gasteiger partial charge in [-0.15, -0.1) is 0 Å². The summed E-state index contributed by atoms with van der Waals surface area (Å²) >= 11 is 0. The van der Waals surface area contributed by atoms with E-state index in [4.69, 9.17) is 0 Å². The number of nitrogens with zero attached hydrogens (tertiary/aromatic N) is 2. The number of hydrogen-bond acceptors (Lipinski definition) is 4. The third kappa shape index (κ3) is 3.45. The van der Waals surface area contributed by atoms with Gasteiger partial charge < -0.3 is 10.0 Å². The zero-order valence-corrected chi connectivity index (χ0v) is 16.3. The first-order valence-electron chi connectivity index (χ1n) is 8.45. The summed E-state index contributed by atoms with van der Waals surface area (Å²) in [5, 5.41) is 9.55. The van der Waals surface area contributed by atoms with Crippen molar-refractivity contribution in [1.29, 1.82) is 0 Å². The lowest BCUT2D eigenvalue weighted by Gasteiger charge is -2.39. The lowest BCUT2D eigenvalue weighted by atomic mass is 10.00. The van der Waals surface area contributed by atoms with Crippen LogP contribution in [-0.4, -0.2) is 44.4 Å². The highest BCUT2D eigenvalue weighted by molar-refractivity contribution is 7.90. The standard InChI is InChI=1S/C19H19FN2O5S/c1-11-10-21(19(24)25)17-8-15(16(20)9-18(17)22(11)12(2)23)13-4-6-14(7-5-13)28(3,26)27/h4-9,11H,10H2,1-3H3,(H,24,25)/t11-/m0/s1. The lowest BCUT2D eigenvalue weighted by molar-refractivity contribution is -0.117. The van der Waals surface area contributed by atoms with E-state index in [0.717, 1.165) is 17.2 Å². The molecule has 2 amide bonds. The summed E-state index contributed by atoms with van der Waals surface area (Å²) in [7, 11) is -3.39. The number of carbonyl (C=O) groups excluding carboxylic acids is 1. The van der Waals surface area contributed by atoms with E-state index in [1.807, 2.05) is 0 Å². The van der Waals surface area contributed by atoms with Crippen LogP contribution in [-0.2, 0) is 14.6 Å². The summed E-state index contributed by atoms with van der Waals surface area (Å²) in [6.07, 6.45) is -0.134. The first-order chi connectivity index (χ1) is 13.0. The van der Waals surface area contributed by atoms with Crippen LogP contribution in [0.5, 0.6) is 0 Å². The number of halogens is 1. The molecule has 1 heterocycles. The minimum Gasteiger partial charge on any atom is -0.465 e. The molecule has 1 atom stereocenters. The molecule has 0 bridgehead atoms. The summed E-state index contributed by atoms with van der Waals surface area (Å²) in [6.45, 7) is 3.09. The maximum atomic E-state index is 14.9. The summed E-state index contributed by atoms with van der Waals surface area (Å²) < 4.78 is 38.1. The van der Waals surface area contributed by atoms with E-state index < -0.39 is 27.8 Å². The summed E-state index contributed by atoms with van der Waals surface area (Å²) in [5.74, 6) is -0.958. The molecule has 2 aromatic rings. The summed E-state index contributed by atoms with van der Waals surface area (Å²) in [5.41, 5.74) is 0.890. The van der Waals surface area contributed by atoms with Crippen molar-refractivity contribution >= 4 is 33.2 Å². The zero-order chi connectivity index (χ0) is 20.8. The maximum Gasteiger partial charge on any atom is 0.411 e. The molecule has 3 rings (SSSR count). The molecule has 2 aromatic carbocycles. The van der Waals surface area contributed by atoms with Crippen LogP contribution >= 0.6 is 0 Å². The van der Waals surface area contributed by atoms with Gasteiger partial charge in [-0.2, -0.15) is 0 Å². The molecule has 0 spiro atoms. The molecular formula is C19H19FN2O5S. The third-order valence-electron chi connectivity index (χ3n) is 4.67. The zero-order valence-electron chi connectivity index (χ0n) is 15.5. The summed E-state index contributed by atoms with van der Waals surface area (Å²) in [4.78, 5) is 26.3. The molecule has 148 valence electrons. The maximum absolute atomic E-state index is 14.9. The van der Waals surface area contributed by atoms with Crippen LogP contribution in [0.3, 0.4) is 0 Å². The van der Waals surface area contributed by atoms with Crippen LogP contribution in [0.25, 0.3) is 11.1 Å². The number of anilines is 2. The van der Waals surface area contributed by atoms with Crippen LogP contribution in [0.1, 0.15) is 13.8 Å². The molecule has 28 heavy (non-hydrogen) atoms. The van der Waals surface area contributed by atoms with Gasteiger partial charge >= 0.3 is 6.09 Å². The van der Waals surface area contributed by atoms with Crippen molar-refractivity contribution in [3.63, 3.8) is 0 Å². The normalized spacial score (nSPS) is 16.6. The Bertz CT molecular complexity index is 1070. The van der Waals surface area contributed by atoms with E-state index in [1.165, 1.54) is 42.2 Å². The van der Waals surface area contributed by atoms with Crippen molar-refractivity contribution in [2.75, 3.05) is 22.6 Å². The van der Waals surface area contributed by atoms with Gasteiger partial charge in [-0.25, -0.2) is 17.6 Å². The molecule has 0 saturated heterocycles. The van der Waals surface area contributed by atoms with Crippen LogP contribution < -0.4 is 9.80 Å². The average Bonchev–Trinajstić information content (AvgIpc) is 2.59. The monoisotopic (exact) mass is 406 g/mol. The quantitative estimate of drug-likeness (QED) is 0.827. The molecule has 0 unspecified atom stereocenters. The van der Waals surface area contributed by atoms with Crippen molar-refractivity contribution in [2.24, 2.45) is 0 Å². The molecule has 0 radical (unpaired) electrons. The average molecular weight is 406 g/mol. The van der Waals surface area contributed by atoms with Crippen molar-refractivity contribution in [1.82, 2.24) is 0 Å². The minimum absolute atomic E-state index is 0.0556. The van der Waals surface area contributed by atoms with Gasteiger partial charge in [0.05, 0.1) is 22.3 Å². The van der Waals surface area contributed by atoms with E-state index >= 15 is 0 Å². The molecule has 0 aliphatic carbocycles. The van der Waals surface area contributed by atoms with Crippen LogP contribution in [0.4, 0.5) is 20.6 Å². The Morgan fingerprint density at radius 3 is 2.25 bits per heavy atom. The first kappa shape index (κ1) is 19.8. The highest BCUT2D eigenvalue weighted by Gasteiger charge is 2.34. The minimum atomic E-state index is -3.39. The second kappa shape index (κ2) is 6.90. The number of sulfone groups is 1. The molecule has 0 fully saturated rings. The van der Waals surface area contributed by atoms with Crippen molar-refractivity contribution in [3.8, 4) is 11.1 Å². The van der Waals surface area contributed by atoms with Gasteiger partial charge in [0.15, 0.2) is 9.84 Å². The highest BCUT2D eigenvalue weighted by atomic mass is 32.2. The Morgan fingerprint density at radius 1 is 1.14 bits per heavy atom. The number of carboxylic acid groups (broad SMARTS) is 1. The Balaban J connectivity index is 2.17. The van der Waals surface area contributed by atoms with Crippen LogP contribution in [0.15, 0.2) is 41.3 Å². The Labute approximate surface area is 161 Å². The number of benzene rings is 2. The van der Waals surface area contributed by atoms with E-state index in [-0.39, 0.29) is 34.3 Å². The fraction of sp³-hybridized carbons (Fsp3) is 0.263. The largest absolute Gasteiger partial charge is 0.465 e. The van der Waals surface area contributed by atoms with Gasteiger partial charge in [0.2, 0.25) is 5.91 Å². The molecule has 1 N–H and O–H groups in total. The smallest absolute Gasteiger partial charge is 0.411 e. The molecular weight excluding hydrogens is 387 g/mol. The first-order valence-corrected chi connectivity index (χ1v) is 10.3.